The first kappa shape index (κ1) is 42.4. The molecule has 338 valence electrons. The van der Waals surface area contributed by atoms with Crippen LogP contribution in [0.2, 0.25) is 0 Å². The predicted octanol–water partition coefficient (Wildman–Crippen LogP) is 17.3. The largest absolute Gasteiger partial charge is 0.337 e. The molecule has 0 saturated heterocycles. The van der Waals surface area contributed by atoms with Crippen LogP contribution in [-0.4, -0.2) is 4.57 Å². The Hall–Kier alpha value is -8.72. The van der Waals surface area contributed by atoms with Crippen molar-refractivity contribution in [2.24, 2.45) is 0 Å². The Bertz CT molecular complexity index is 3870. The zero-order valence-corrected chi connectivity index (χ0v) is 39.6. The summed E-state index contributed by atoms with van der Waals surface area (Å²) in [5, 5.41) is 4.98. The van der Waals surface area contributed by atoms with Crippen molar-refractivity contribution in [2.75, 3.05) is 4.90 Å². The van der Waals surface area contributed by atoms with Gasteiger partial charge in [-0.2, -0.15) is 0 Å². The van der Waals surface area contributed by atoms with Gasteiger partial charge in [0.25, 0.3) is 0 Å². The highest BCUT2D eigenvalue weighted by molar-refractivity contribution is 6.19. The molecule has 0 aliphatic heterocycles. The van der Waals surface area contributed by atoms with Crippen LogP contribution in [-0.2, 0) is 31.2 Å². The number of rotatable bonds is 12. The molecule has 1 aromatic heterocycles. The van der Waals surface area contributed by atoms with Gasteiger partial charge in [-0.15, -0.1) is 0 Å². The van der Waals surface area contributed by atoms with Crippen molar-refractivity contribution in [3.63, 3.8) is 0 Å². The molecule has 2 heteroatoms. The minimum atomic E-state index is -0.427. The number of hydrogen-bond acceptors (Lipinski definition) is 1. The molecule has 13 rings (SSSR count). The highest BCUT2D eigenvalue weighted by Gasteiger charge is 2.45. The van der Waals surface area contributed by atoms with Crippen molar-refractivity contribution in [3.8, 4) is 27.9 Å². The van der Waals surface area contributed by atoms with Gasteiger partial charge in [-0.3, -0.25) is 0 Å². The lowest BCUT2D eigenvalue weighted by atomic mass is 9.68. The van der Waals surface area contributed by atoms with Crippen molar-refractivity contribution >= 4 is 44.0 Å². The van der Waals surface area contributed by atoms with Gasteiger partial charge in [0.05, 0.1) is 22.1 Å². The van der Waals surface area contributed by atoms with Crippen molar-refractivity contribution < 1.29 is 0 Å². The number of benzene rings is 11. The monoisotopic (exact) mass is 908 g/mol. The third-order valence-corrected chi connectivity index (χ3v) is 15.2. The van der Waals surface area contributed by atoms with E-state index in [1.165, 1.54) is 105 Å². The minimum absolute atomic E-state index is 0.427. The zero-order chi connectivity index (χ0) is 47.1. The molecule has 1 atom stereocenters. The Labute approximate surface area is 416 Å². The summed E-state index contributed by atoms with van der Waals surface area (Å²) in [6.07, 6.45) is 2.84. The average molecular weight is 909 g/mol. The molecule has 71 heavy (non-hydrogen) atoms. The van der Waals surface area contributed by atoms with Gasteiger partial charge in [0.1, 0.15) is 0 Å². The molecule has 1 aliphatic rings. The van der Waals surface area contributed by atoms with Crippen LogP contribution in [0.4, 0.5) is 11.4 Å². The first-order valence-electron chi connectivity index (χ1n) is 25.0. The topological polar surface area (TPSA) is 8.17 Å². The third kappa shape index (κ3) is 7.43. The average Bonchev–Trinajstić information content (AvgIpc) is 3.93. The van der Waals surface area contributed by atoms with Crippen LogP contribution in [0.3, 0.4) is 0 Å². The van der Waals surface area contributed by atoms with Gasteiger partial charge < -0.3 is 9.47 Å². The van der Waals surface area contributed by atoms with E-state index in [1.807, 2.05) is 0 Å². The van der Waals surface area contributed by atoms with Gasteiger partial charge >= 0.3 is 0 Å². The molecule has 0 radical (unpaired) electrons. The Balaban J connectivity index is 0.978. The SMILES string of the molecule is c1ccc(CCc2ccccc2CC2(c3ccccc3)c3ccccc3-c3ccc(N(Cc4ccc5c6ccc7ccccc7c6n(-c6ccccc6-c6ccccc6)c5c4)c4ccccc4)cc32)cc1. The fraction of sp³-hybridized carbons (Fsp3) is 0.0725. The Kier molecular flexibility index (Phi) is 10.7. The zero-order valence-electron chi connectivity index (χ0n) is 39.6. The lowest BCUT2D eigenvalue weighted by Crippen LogP contribution is -2.30. The molecule has 0 N–H and O–H groups in total. The summed E-state index contributed by atoms with van der Waals surface area (Å²) in [4.78, 5) is 2.52. The lowest BCUT2D eigenvalue weighted by molar-refractivity contribution is 0.625. The maximum Gasteiger partial charge on any atom is 0.0619 e. The summed E-state index contributed by atoms with van der Waals surface area (Å²) in [6.45, 7) is 0.676. The second-order valence-corrected chi connectivity index (χ2v) is 19.2. The van der Waals surface area contributed by atoms with Crippen LogP contribution in [0.15, 0.2) is 267 Å². The number of aromatic nitrogens is 1. The third-order valence-electron chi connectivity index (χ3n) is 15.2. The van der Waals surface area contributed by atoms with Crippen molar-refractivity contribution in [3.05, 3.63) is 306 Å². The van der Waals surface area contributed by atoms with Gasteiger partial charge in [0.2, 0.25) is 0 Å². The second-order valence-electron chi connectivity index (χ2n) is 19.2. The highest BCUT2D eigenvalue weighted by atomic mass is 15.1. The highest BCUT2D eigenvalue weighted by Crippen LogP contribution is 2.55. The second kappa shape index (κ2) is 18.0. The molecule has 2 nitrogen and oxygen atoms in total. The van der Waals surface area contributed by atoms with Gasteiger partial charge in [-0.1, -0.05) is 231 Å². The molecule has 1 heterocycles. The van der Waals surface area contributed by atoms with E-state index >= 15 is 0 Å². The van der Waals surface area contributed by atoms with Crippen molar-refractivity contribution in [1.82, 2.24) is 4.57 Å². The molecular weight excluding hydrogens is 857 g/mol. The standard InChI is InChI=1S/C69H52N2/c1-5-21-49(22-6-1)37-39-51-23-13-14-27-54(51)47-69(55-28-9-3-10-29-55)64-35-19-17-34-60(64)61-44-41-57(46-65(61)69)70(56-30-11-4-12-31-56)48-50-38-42-62-63-43-40-53-26-15-16-33-59(53)68(63)71(67(62)45-50)66-36-20-18-32-58(66)52-24-7-2-8-25-52/h1-36,38,40-46H,37,39,47-48H2. The first-order chi connectivity index (χ1) is 35.2. The summed E-state index contributed by atoms with van der Waals surface area (Å²) >= 11 is 0. The van der Waals surface area contributed by atoms with Crippen molar-refractivity contribution in [2.45, 2.75) is 31.2 Å². The maximum absolute atomic E-state index is 2.53. The molecule has 0 spiro atoms. The van der Waals surface area contributed by atoms with Crippen LogP contribution in [0.25, 0.3) is 60.5 Å². The summed E-state index contributed by atoms with van der Waals surface area (Å²) in [5.41, 5.74) is 19.9. The van der Waals surface area contributed by atoms with Gasteiger partial charge in [0, 0.05) is 39.6 Å². The van der Waals surface area contributed by atoms with E-state index in [1.54, 1.807) is 0 Å². The van der Waals surface area contributed by atoms with E-state index in [0.717, 1.165) is 24.9 Å². The van der Waals surface area contributed by atoms with Crippen LogP contribution < -0.4 is 4.90 Å². The van der Waals surface area contributed by atoms with Crippen LogP contribution in [0, 0.1) is 0 Å². The summed E-state index contributed by atoms with van der Waals surface area (Å²) in [7, 11) is 0. The van der Waals surface area contributed by atoms with Gasteiger partial charge in [-0.05, 0) is 117 Å². The number of anilines is 2. The molecule has 1 unspecified atom stereocenters. The fourth-order valence-electron chi connectivity index (χ4n) is 11.9. The minimum Gasteiger partial charge on any atom is -0.337 e. The van der Waals surface area contributed by atoms with Gasteiger partial charge in [0.15, 0.2) is 0 Å². The molecule has 11 aromatic carbocycles. The molecule has 1 aliphatic carbocycles. The summed E-state index contributed by atoms with van der Waals surface area (Å²) in [6, 6.07) is 99.1. The Morgan fingerprint density at radius 1 is 0.380 bits per heavy atom. The Morgan fingerprint density at radius 3 is 1.83 bits per heavy atom. The van der Waals surface area contributed by atoms with E-state index in [9.17, 15) is 0 Å². The number of hydrogen-bond donors (Lipinski definition) is 0. The number of aryl methyl sites for hydroxylation is 2. The molecule has 0 bridgehead atoms. The van der Waals surface area contributed by atoms with E-state index in [4.69, 9.17) is 0 Å². The fourth-order valence-corrected chi connectivity index (χ4v) is 11.9. The molecule has 0 amide bonds. The predicted molar refractivity (Wildman–Crippen MR) is 298 cm³/mol. The molecular formula is C69H52N2. The lowest BCUT2D eigenvalue weighted by Gasteiger charge is -2.35. The van der Waals surface area contributed by atoms with Crippen molar-refractivity contribution in [1.29, 1.82) is 0 Å². The number of fused-ring (bicyclic) bond motifs is 8. The van der Waals surface area contributed by atoms with Gasteiger partial charge in [-0.25, -0.2) is 0 Å². The van der Waals surface area contributed by atoms with Crippen LogP contribution in [0.5, 0.6) is 0 Å². The van der Waals surface area contributed by atoms with E-state index < -0.39 is 5.41 Å². The van der Waals surface area contributed by atoms with Crippen LogP contribution >= 0.6 is 0 Å². The van der Waals surface area contributed by atoms with E-state index in [2.05, 4.69) is 276 Å². The molecule has 12 aromatic rings. The van der Waals surface area contributed by atoms with E-state index in [-0.39, 0.29) is 0 Å². The maximum atomic E-state index is 2.53. The summed E-state index contributed by atoms with van der Waals surface area (Å²) in [5.74, 6) is 0. The quantitative estimate of drug-likeness (QED) is 0.119. The van der Waals surface area contributed by atoms with Crippen LogP contribution in [0.1, 0.15) is 38.9 Å². The molecule has 0 saturated carbocycles. The number of nitrogens with zero attached hydrogens (tertiary/aromatic N) is 2. The number of para-hydroxylation sites is 2. The first-order valence-corrected chi connectivity index (χ1v) is 25.0. The smallest absolute Gasteiger partial charge is 0.0619 e. The summed E-state index contributed by atoms with van der Waals surface area (Å²) < 4.78 is 2.53. The molecule has 0 fully saturated rings. The van der Waals surface area contributed by atoms with E-state index in [0.29, 0.717) is 6.54 Å². The Morgan fingerprint density at radius 2 is 1.01 bits per heavy atom. The normalized spacial score (nSPS) is 13.9.